The van der Waals surface area contributed by atoms with Gasteiger partial charge in [-0.2, -0.15) is 0 Å². The van der Waals surface area contributed by atoms with E-state index in [1.807, 2.05) is 30.3 Å². The summed E-state index contributed by atoms with van der Waals surface area (Å²) in [5, 5.41) is 9.22. The minimum atomic E-state index is -0.859. The van der Waals surface area contributed by atoms with Crippen LogP contribution >= 0.6 is 0 Å². The maximum Gasteiger partial charge on any atom is 0.335 e. The molecule has 22 heavy (non-hydrogen) atoms. The maximum absolute atomic E-state index is 11.2. The zero-order chi connectivity index (χ0) is 15.9. The average molecular weight is 296 g/mol. The van der Waals surface area contributed by atoms with Crippen molar-refractivity contribution in [3.8, 4) is 11.1 Å². The Bertz CT molecular complexity index is 617. The lowest BCUT2D eigenvalue weighted by Crippen LogP contribution is -2.01. The largest absolute Gasteiger partial charge is 0.478 e. The number of hydrogen-bond acceptors (Lipinski definition) is 1. The molecule has 0 spiro atoms. The molecule has 0 fully saturated rings. The summed E-state index contributed by atoms with van der Waals surface area (Å²) in [6.07, 6.45) is 4.40. The zero-order valence-electron chi connectivity index (χ0n) is 13.4. The van der Waals surface area contributed by atoms with Crippen LogP contribution in [0.25, 0.3) is 11.1 Å². The molecular weight excluding hydrogens is 272 g/mol. The predicted molar refractivity (Wildman–Crippen MR) is 91.2 cm³/mol. The standard InChI is InChI=1S/C20H24O2/c1-3-15(2)8-7-11-17-14-18(20(21)22)12-13-19(17)16-9-5-4-6-10-16/h4-6,9-10,12-15H,3,7-8,11H2,1-2H3,(H,21,22). The predicted octanol–water partition coefficient (Wildman–Crippen LogP) is 5.42. The smallest absolute Gasteiger partial charge is 0.335 e. The van der Waals surface area contributed by atoms with Crippen LogP contribution in [-0.2, 0) is 6.42 Å². The van der Waals surface area contributed by atoms with Crippen LogP contribution in [0.4, 0.5) is 0 Å². The highest BCUT2D eigenvalue weighted by Gasteiger charge is 2.10. The van der Waals surface area contributed by atoms with Crippen LogP contribution in [0.3, 0.4) is 0 Å². The molecule has 2 heteroatoms. The molecule has 2 rings (SSSR count). The van der Waals surface area contributed by atoms with Gasteiger partial charge < -0.3 is 5.11 Å². The van der Waals surface area contributed by atoms with Crippen LogP contribution in [-0.4, -0.2) is 11.1 Å². The third-order valence-electron chi connectivity index (χ3n) is 4.28. The van der Waals surface area contributed by atoms with Crippen LogP contribution in [0.2, 0.25) is 0 Å². The van der Waals surface area contributed by atoms with Crippen molar-refractivity contribution in [3.63, 3.8) is 0 Å². The van der Waals surface area contributed by atoms with E-state index in [2.05, 4.69) is 26.0 Å². The fourth-order valence-corrected chi connectivity index (χ4v) is 2.68. The van der Waals surface area contributed by atoms with Crippen molar-refractivity contribution in [1.29, 1.82) is 0 Å². The van der Waals surface area contributed by atoms with Crippen LogP contribution in [0, 0.1) is 5.92 Å². The SMILES string of the molecule is CCC(C)CCCc1cc(C(=O)O)ccc1-c1ccccc1. The minimum Gasteiger partial charge on any atom is -0.478 e. The number of benzene rings is 2. The van der Waals surface area contributed by atoms with E-state index in [9.17, 15) is 9.90 Å². The molecule has 0 saturated heterocycles. The number of aryl methyl sites for hydroxylation is 1. The lowest BCUT2D eigenvalue weighted by atomic mass is 9.92. The number of hydrogen-bond donors (Lipinski definition) is 1. The number of carboxylic acids is 1. The van der Waals surface area contributed by atoms with E-state index in [-0.39, 0.29) is 0 Å². The molecule has 2 aromatic carbocycles. The van der Waals surface area contributed by atoms with Gasteiger partial charge in [-0.1, -0.05) is 63.1 Å². The molecule has 0 aliphatic carbocycles. The molecular formula is C20H24O2. The van der Waals surface area contributed by atoms with Crippen molar-refractivity contribution in [2.45, 2.75) is 39.5 Å². The fourth-order valence-electron chi connectivity index (χ4n) is 2.68. The third-order valence-corrected chi connectivity index (χ3v) is 4.28. The first kappa shape index (κ1) is 16.3. The minimum absolute atomic E-state index is 0.373. The number of rotatable bonds is 7. The first-order valence-corrected chi connectivity index (χ1v) is 8.03. The molecule has 0 saturated carbocycles. The van der Waals surface area contributed by atoms with Gasteiger partial charge in [-0.25, -0.2) is 4.79 Å². The molecule has 116 valence electrons. The third kappa shape index (κ3) is 4.20. The first-order valence-electron chi connectivity index (χ1n) is 8.03. The summed E-state index contributed by atoms with van der Waals surface area (Å²) in [4.78, 5) is 11.2. The van der Waals surface area contributed by atoms with Crippen molar-refractivity contribution in [3.05, 3.63) is 59.7 Å². The van der Waals surface area contributed by atoms with Crippen molar-refractivity contribution in [2.24, 2.45) is 5.92 Å². The summed E-state index contributed by atoms with van der Waals surface area (Å²) < 4.78 is 0. The molecule has 1 N–H and O–H groups in total. The normalized spacial score (nSPS) is 12.1. The van der Waals surface area contributed by atoms with Crippen LogP contribution in [0.1, 0.15) is 49.0 Å². The van der Waals surface area contributed by atoms with E-state index in [1.165, 1.54) is 12.8 Å². The Morgan fingerprint density at radius 3 is 2.50 bits per heavy atom. The van der Waals surface area contributed by atoms with Gasteiger partial charge in [-0.3, -0.25) is 0 Å². The van der Waals surface area contributed by atoms with Gasteiger partial charge >= 0.3 is 5.97 Å². The molecule has 0 amide bonds. The highest BCUT2D eigenvalue weighted by atomic mass is 16.4. The second-order valence-electron chi connectivity index (χ2n) is 5.95. The molecule has 0 heterocycles. The van der Waals surface area contributed by atoms with Gasteiger partial charge in [-0.05, 0) is 47.6 Å². The quantitative estimate of drug-likeness (QED) is 0.740. The van der Waals surface area contributed by atoms with E-state index >= 15 is 0 Å². The van der Waals surface area contributed by atoms with E-state index in [0.717, 1.165) is 35.4 Å². The Hall–Kier alpha value is -2.09. The second-order valence-corrected chi connectivity index (χ2v) is 5.95. The van der Waals surface area contributed by atoms with Crippen LogP contribution < -0.4 is 0 Å². The second kappa shape index (κ2) is 7.79. The van der Waals surface area contributed by atoms with Crippen LogP contribution in [0.15, 0.2) is 48.5 Å². The van der Waals surface area contributed by atoms with Crippen molar-refractivity contribution >= 4 is 5.97 Å². The maximum atomic E-state index is 11.2. The molecule has 1 unspecified atom stereocenters. The number of carboxylic acid groups (broad SMARTS) is 1. The summed E-state index contributed by atoms with van der Waals surface area (Å²) in [6.45, 7) is 4.48. The summed E-state index contributed by atoms with van der Waals surface area (Å²) in [5.74, 6) is -0.134. The lowest BCUT2D eigenvalue weighted by molar-refractivity contribution is 0.0697. The van der Waals surface area contributed by atoms with E-state index in [1.54, 1.807) is 6.07 Å². The summed E-state index contributed by atoms with van der Waals surface area (Å²) in [7, 11) is 0. The topological polar surface area (TPSA) is 37.3 Å². The van der Waals surface area contributed by atoms with Gasteiger partial charge in [0.1, 0.15) is 0 Å². The lowest BCUT2D eigenvalue weighted by Gasteiger charge is -2.13. The number of carbonyl (C=O) groups is 1. The van der Waals surface area contributed by atoms with E-state index < -0.39 is 5.97 Å². The Balaban J connectivity index is 2.26. The highest BCUT2D eigenvalue weighted by Crippen LogP contribution is 2.27. The molecule has 0 bridgehead atoms. The van der Waals surface area contributed by atoms with Gasteiger partial charge in [0.25, 0.3) is 0 Å². The van der Waals surface area contributed by atoms with E-state index in [4.69, 9.17) is 0 Å². The summed E-state index contributed by atoms with van der Waals surface area (Å²) in [5.41, 5.74) is 3.81. The first-order chi connectivity index (χ1) is 10.6. The van der Waals surface area contributed by atoms with Gasteiger partial charge in [0.05, 0.1) is 5.56 Å². The van der Waals surface area contributed by atoms with Gasteiger partial charge in [0.15, 0.2) is 0 Å². The number of aromatic carboxylic acids is 1. The Morgan fingerprint density at radius 1 is 1.14 bits per heavy atom. The van der Waals surface area contributed by atoms with Crippen molar-refractivity contribution in [2.75, 3.05) is 0 Å². The van der Waals surface area contributed by atoms with Crippen molar-refractivity contribution < 1.29 is 9.90 Å². The highest BCUT2D eigenvalue weighted by molar-refractivity contribution is 5.89. The van der Waals surface area contributed by atoms with Gasteiger partial charge in [-0.15, -0.1) is 0 Å². The van der Waals surface area contributed by atoms with Gasteiger partial charge in [0.2, 0.25) is 0 Å². The van der Waals surface area contributed by atoms with E-state index in [0.29, 0.717) is 5.56 Å². The Morgan fingerprint density at radius 2 is 1.86 bits per heavy atom. The molecule has 0 aromatic heterocycles. The Labute approximate surface area is 132 Å². The average Bonchev–Trinajstić information content (AvgIpc) is 2.55. The monoisotopic (exact) mass is 296 g/mol. The molecule has 0 aliphatic rings. The van der Waals surface area contributed by atoms with Crippen LogP contribution in [0.5, 0.6) is 0 Å². The summed E-state index contributed by atoms with van der Waals surface area (Å²) in [6, 6.07) is 15.7. The van der Waals surface area contributed by atoms with Gasteiger partial charge in [0, 0.05) is 0 Å². The summed E-state index contributed by atoms with van der Waals surface area (Å²) >= 11 is 0. The molecule has 2 aromatic rings. The molecule has 2 nitrogen and oxygen atoms in total. The molecule has 0 aliphatic heterocycles. The Kier molecular flexibility index (Phi) is 5.76. The van der Waals surface area contributed by atoms with Crippen molar-refractivity contribution in [1.82, 2.24) is 0 Å². The molecule has 1 atom stereocenters. The molecule has 0 radical (unpaired) electrons. The zero-order valence-corrected chi connectivity index (χ0v) is 13.4. The fraction of sp³-hybridized carbons (Fsp3) is 0.350.